The monoisotopic (exact) mass is 213 g/mol. The molecule has 0 saturated heterocycles. The third-order valence-electron chi connectivity index (χ3n) is 2.77. The van der Waals surface area contributed by atoms with Gasteiger partial charge in [-0.2, -0.15) is 0 Å². The van der Waals surface area contributed by atoms with Crippen LogP contribution >= 0.6 is 0 Å². The van der Waals surface area contributed by atoms with Crippen LogP contribution in [-0.4, -0.2) is 17.0 Å². The highest BCUT2D eigenvalue weighted by Crippen LogP contribution is 2.24. The number of rotatable bonds is 2. The fourth-order valence-corrected chi connectivity index (χ4v) is 1.64. The van der Waals surface area contributed by atoms with Gasteiger partial charge in [-0.15, -0.1) is 0 Å². The fraction of sp³-hybridized carbons (Fsp3) is 0.231. The van der Waals surface area contributed by atoms with Crippen molar-refractivity contribution in [3.05, 3.63) is 47.9 Å². The minimum absolute atomic E-state index is 0.957. The molecule has 0 fully saturated rings. The zero-order chi connectivity index (χ0) is 11.5. The second kappa shape index (κ2) is 4.31. The molecule has 1 aromatic heterocycles. The van der Waals surface area contributed by atoms with Crippen molar-refractivity contribution in [2.24, 2.45) is 0 Å². The average molecular weight is 213 g/mol. The Kier molecular flexibility index (Phi) is 2.86. The van der Waals surface area contributed by atoms with Crippen LogP contribution in [0.5, 0.6) is 0 Å². The minimum Gasteiger partial charge on any atom is -0.329 e. The summed E-state index contributed by atoms with van der Waals surface area (Å²) in [6, 6.07) is 10.2. The molecule has 0 bridgehead atoms. The number of aromatic nitrogens is 2. The molecule has 2 rings (SSSR count). The van der Waals surface area contributed by atoms with Crippen LogP contribution in [0, 0.1) is 13.8 Å². The second-order valence-corrected chi connectivity index (χ2v) is 3.80. The number of nitrogens with zero attached hydrogens (tertiary/aromatic N) is 3. The van der Waals surface area contributed by atoms with E-state index in [0.29, 0.717) is 0 Å². The lowest BCUT2D eigenvalue weighted by molar-refractivity contribution is 1.01. The Morgan fingerprint density at radius 2 is 1.69 bits per heavy atom. The molecule has 0 aliphatic heterocycles. The highest BCUT2D eigenvalue weighted by Gasteiger charge is 2.09. The molecular weight excluding hydrogens is 198 g/mol. The number of aryl methyl sites for hydroxylation is 1. The normalized spacial score (nSPS) is 10.2. The molecule has 3 nitrogen and oxygen atoms in total. The number of hydrogen-bond acceptors (Lipinski definition) is 3. The summed E-state index contributed by atoms with van der Waals surface area (Å²) >= 11 is 0. The highest BCUT2D eigenvalue weighted by atomic mass is 15.2. The summed E-state index contributed by atoms with van der Waals surface area (Å²) < 4.78 is 0. The fourth-order valence-electron chi connectivity index (χ4n) is 1.64. The van der Waals surface area contributed by atoms with E-state index in [1.54, 1.807) is 6.33 Å². The summed E-state index contributed by atoms with van der Waals surface area (Å²) in [7, 11) is 2.02. The van der Waals surface area contributed by atoms with Crippen molar-refractivity contribution in [3.8, 4) is 0 Å². The molecular formula is C13H15N3. The molecule has 1 heterocycles. The van der Waals surface area contributed by atoms with Gasteiger partial charge in [-0.25, -0.2) is 9.97 Å². The van der Waals surface area contributed by atoms with E-state index in [4.69, 9.17) is 0 Å². The molecule has 82 valence electrons. The molecule has 16 heavy (non-hydrogen) atoms. The van der Waals surface area contributed by atoms with Gasteiger partial charge in [-0.05, 0) is 26.0 Å². The Morgan fingerprint density at radius 3 is 2.38 bits per heavy atom. The van der Waals surface area contributed by atoms with Crippen LogP contribution in [0.15, 0.2) is 36.7 Å². The summed E-state index contributed by atoms with van der Waals surface area (Å²) in [5, 5.41) is 0. The summed E-state index contributed by atoms with van der Waals surface area (Å²) in [5.41, 5.74) is 3.27. The van der Waals surface area contributed by atoms with Crippen molar-refractivity contribution in [2.45, 2.75) is 13.8 Å². The van der Waals surface area contributed by atoms with E-state index >= 15 is 0 Å². The van der Waals surface area contributed by atoms with Crippen molar-refractivity contribution in [2.75, 3.05) is 11.9 Å². The standard InChI is InChI=1S/C13H15N3/c1-10-11(2)14-9-15-13(10)16(3)12-7-5-4-6-8-12/h4-9H,1-3H3. The molecule has 0 N–H and O–H groups in total. The Hall–Kier alpha value is -1.90. The topological polar surface area (TPSA) is 29.0 Å². The van der Waals surface area contributed by atoms with Crippen LogP contribution < -0.4 is 4.90 Å². The van der Waals surface area contributed by atoms with Gasteiger partial charge >= 0.3 is 0 Å². The molecule has 0 radical (unpaired) electrons. The zero-order valence-corrected chi connectivity index (χ0v) is 9.81. The predicted molar refractivity (Wildman–Crippen MR) is 66.0 cm³/mol. The Bertz CT molecular complexity index is 480. The largest absolute Gasteiger partial charge is 0.329 e. The summed E-state index contributed by atoms with van der Waals surface area (Å²) in [4.78, 5) is 10.6. The Labute approximate surface area is 95.8 Å². The molecule has 0 amide bonds. The van der Waals surface area contributed by atoms with E-state index < -0.39 is 0 Å². The Morgan fingerprint density at radius 1 is 1.00 bits per heavy atom. The van der Waals surface area contributed by atoms with Crippen molar-refractivity contribution in [1.82, 2.24) is 9.97 Å². The van der Waals surface area contributed by atoms with Gasteiger partial charge in [0.15, 0.2) is 0 Å². The molecule has 0 saturated carbocycles. The van der Waals surface area contributed by atoms with Crippen molar-refractivity contribution in [3.63, 3.8) is 0 Å². The van der Waals surface area contributed by atoms with Crippen LogP contribution in [0.4, 0.5) is 11.5 Å². The van der Waals surface area contributed by atoms with Crippen LogP contribution in [-0.2, 0) is 0 Å². The second-order valence-electron chi connectivity index (χ2n) is 3.80. The summed E-state index contributed by atoms with van der Waals surface area (Å²) in [5.74, 6) is 0.957. The van der Waals surface area contributed by atoms with Gasteiger partial charge in [-0.1, -0.05) is 18.2 Å². The van der Waals surface area contributed by atoms with Gasteiger partial charge in [-0.3, -0.25) is 0 Å². The maximum atomic E-state index is 4.33. The van der Waals surface area contributed by atoms with Gasteiger partial charge in [0.05, 0.1) is 0 Å². The molecule has 2 aromatic rings. The molecule has 0 aliphatic rings. The third-order valence-corrected chi connectivity index (χ3v) is 2.77. The van der Waals surface area contributed by atoms with Crippen molar-refractivity contribution >= 4 is 11.5 Å². The average Bonchev–Trinajstić information content (AvgIpc) is 2.33. The zero-order valence-electron chi connectivity index (χ0n) is 9.81. The van der Waals surface area contributed by atoms with Crippen LogP contribution in [0.3, 0.4) is 0 Å². The van der Waals surface area contributed by atoms with Gasteiger partial charge in [0.2, 0.25) is 0 Å². The van der Waals surface area contributed by atoms with Crippen LogP contribution in [0.2, 0.25) is 0 Å². The molecule has 1 aromatic carbocycles. The SMILES string of the molecule is Cc1ncnc(N(C)c2ccccc2)c1C. The first kappa shape index (κ1) is 10.6. The highest BCUT2D eigenvalue weighted by molar-refractivity contribution is 5.61. The van der Waals surface area contributed by atoms with E-state index in [2.05, 4.69) is 27.0 Å². The number of benzene rings is 1. The van der Waals surface area contributed by atoms with Crippen LogP contribution in [0.1, 0.15) is 11.3 Å². The van der Waals surface area contributed by atoms with E-state index in [9.17, 15) is 0 Å². The van der Waals surface area contributed by atoms with Gasteiger partial charge in [0.25, 0.3) is 0 Å². The number of para-hydroxylation sites is 1. The smallest absolute Gasteiger partial charge is 0.139 e. The van der Waals surface area contributed by atoms with Gasteiger partial charge < -0.3 is 4.90 Å². The number of anilines is 2. The number of hydrogen-bond donors (Lipinski definition) is 0. The van der Waals surface area contributed by atoms with Gasteiger partial charge in [0.1, 0.15) is 12.1 Å². The molecule has 0 spiro atoms. The first-order chi connectivity index (χ1) is 7.70. The first-order valence-corrected chi connectivity index (χ1v) is 5.27. The lowest BCUT2D eigenvalue weighted by atomic mass is 10.2. The van der Waals surface area contributed by atoms with E-state index in [0.717, 1.165) is 22.8 Å². The Balaban J connectivity index is 2.42. The lowest BCUT2D eigenvalue weighted by Crippen LogP contribution is -2.13. The van der Waals surface area contributed by atoms with E-state index in [1.165, 1.54) is 0 Å². The predicted octanol–water partition coefficient (Wildman–Crippen LogP) is 2.86. The third kappa shape index (κ3) is 1.89. The maximum absolute atomic E-state index is 4.33. The van der Waals surface area contributed by atoms with Crippen molar-refractivity contribution < 1.29 is 0 Å². The minimum atomic E-state index is 0.957. The van der Waals surface area contributed by atoms with E-state index in [1.807, 2.05) is 39.1 Å². The first-order valence-electron chi connectivity index (χ1n) is 5.27. The maximum Gasteiger partial charge on any atom is 0.139 e. The van der Waals surface area contributed by atoms with Crippen molar-refractivity contribution in [1.29, 1.82) is 0 Å². The summed E-state index contributed by atoms with van der Waals surface area (Å²) in [6.07, 6.45) is 1.61. The molecule has 0 atom stereocenters. The van der Waals surface area contributed by atoms with Crippen LogP contribution in [0.25, 0.3) is 0 Å². The van der Waals surface area contributed by atoms with Gasteiger partial charge in [0, 0.05) is 24.0 Å². The molecule has 0 aliphatic carbocycles. The van der Waals surface area contributed by atoms with E-state index in [-0.39, 0.29) is 0 Å². The quantitative estimate of drug-likeness (QED) is 0.768. The molecule has 3 heteroatoms. The summed E-state index contributed by atoms with van der Waals surface area (Å²) in [6.45, 7) is 4.05. The lowest BCUT2D eigenvalue weighted by Gasteiger charge is -2.20. The molecule has 0 unspecified atom stereocenters.